The highest BCUT2D eigenvalue weighted by Crippen LogP contribution is 2.29. The minimum absolute atomic E-state index is 0.0525. The molecule has 1 unspecified atom stereocenters. The van der Waals surface area contributed by atoms with Gasteiger partial charge in [0.05, 0.1) is 0 Å². The summed E-state index contributed by atoms with van der Waals surface area (Å²) in [7, 11) is 0. The van der Waals surface area contributed by atoms with E-state index in [1.54, 1.807) is 6.20 Å². The first-order chi connectivity index (χ1) is 16.1. The average Bonchev–Trinajstić information content (AvgIpc) is 3.29. The quantitative estimate of drug-likeness (QED) is 0.456. The smallest absolute Gasteiger partial charge is 0.475 e. The third-order valence-electron chi connectivity index (χ3n) is 4.83. The fourth-order valence-corrected chi connectivity index (χ4v) is 3.19. The molecular formula is C21H25F6N3O5. The van der Waals surface area contributed by atoms with Crippen molar-refractivity contribution in [1.82, 2.24) is 14.9 Å². The number of carbonyl (C=O) groups is 2. The number of benzene rings is 1. The molecule has 1 fully saturated rings. The predicted octanol–water partition coefficient (Wildman–Crippen LogP) is 3.94. The summed E-state index contributed by atoms with van der Waals surface area (Å²) in [4.78, 5) is 27.7. The summed E-state index contributed by atoms with van der Waals surface area (Å²) in [5, 5.41) is 23.8. The van der Waals surface area contributed by atoms with E-state index >= 15 is 0 Å². The molecule has 196 valence electrons. The van der Waals surface area contributed by atoms with E-state index in [0.29, 0.717) is 0 Å². The summed E-state index contributed by atoms with van der Waals surface area (Å²) >= 11 is 0. The van der Waals surface area contributed by atoms with Gasteiger partial charge < -0.3 is 20.3 Å². The van der Waals surface area contributed by atoms with Crippen LogP contribution in [0.4, 0.5) is 26.3 Å². The number of aliphatic hydroxyl groups excluding tert-OH is 1. The van der Waals surface area contributed by atoms with Gasteiger partial charge in [-0.05, 0) is 31.0 Å². The molecule has 0 radical (unpaired) electrons. The van der Waals surface area contributed by atoms with Gasteiger partial charge in [0.15, 0.2) is 0 Å². The van der Waals surface area contributed by atoms with Gasteiger partial charge in [0.1, 0.15) is 5.82 Å². The highest BCUT2D eigenvalue weighted by Gasteiger charge is 2.38. The Morgan fingerprint density at radius 1 is 1.11 bits per heavy atom. The zero-order chi connectivity index (χ0) is 26.9. The zero-order valence-corrected chi connectivity index (χ0v) is 18.5. The SMILES string of the molecule is CC1(CO)CCCN(Cc2cccc(-c3ncc[nH]3)c2)C1.O=C(O)C(F)(F)F.O=C(O)C(F)(F)F. The number of aromatic nitrogens is 2. The van der Waals surface area contributed by atoms with Crippen molar-refractivity contribution in [3.8, 4) is 11.4 Å². The summed E-state index contributed by atoms with van der Waals surface area (Å²) in [6.07, 6.45) is -4.26. The van der Waals surface area contributed by atoms with Crippen LogP contribution >= 0.6 is 0 Å². The number of aliphatic hydroxyl groups is 1. The van der Waals surface area contributed by atoms with E-state index in [4.69, 9.17) is 19.8 Å². The van der Waals surface area contributed by atoms with Gasteiger partial charge in [0.2, 0.25) is 0 Å². The molecule has 1 aromatic carbocycles. The number of nitrogens with one attached hydrogen (secondary N) is 1. The van der Waals surface area contributed by atoms with Crippen molar-refractivity contribution >= 4 is 11.9 Å². The van der Waals surface area contributed by atoms with Crippen molar-refractivity contribution in [3.05, 3.63) is 42.2 Å². The zero-order valence-electron chi connectivity index (χ0n) is 18.5. The number of aliphatic carboxylic acids is 2. The summed E-state index contributed by atoms with van der Waals surface area (Å²) < 4.78 is 63.5. The Morgan fingerprint density at radius 2 is 1.69 bits per heavy atom. The van der Waals surface area contributed by atoms with E-state index in [-0.39, 0.29) is 12.0 Å². The number of H-pyrrole nitrogens is 1. The number of hydrogen-bond acceptors (Lipinski definition) is 5. The van der Waals surface area contributed by atoms with E-state index in [1.165, 1.54) is 5.56 Å². The average molecular weight is 513 g/mol. The van der Waals surface area contributed by atoms with Crippen molar-refractivity contribution < 1.29 is 51.3 Å². The third-order valence-corrected chi connectivity index (χ3v) is 4.83. The number of alkyl halides is 6. The first-order valence-electron chi connectivity index (χ1n) is 10.1. The molecule has 0 bridgehead atoms. The molecule has 0 spiro atoms. The number of imidazole rings is 1. The Balaban J connectivity index is 0.000000362. The van der Waals surface area contributed by atoms with E-state index in [2.05, 4.69) is 46.1 Å². The molecule has 0 aliphatic carbocycles. The maximum absolute atomic E-state index is 10.6. The van der Waals surface area contributed by atoms with Crippen LogP contribution in [0.3, 0.4) is 0 Å². The fraction of sp³-hybridized carbons (Fsp3) is 0.476. The van der Waals surface area contributed by atoms with E-state index in [0.717, 1.165) is 43.9 Å². The predicted molar refractivity (Wildman–Crippen MR) is 111 cm³/mol. The number of piperidine rings is 1. The molecule has 0 amide bonds. The van der Waals surface area contributed by atoms with E-state index in [1.807, 2.05) is 6.20 Å². The minimum Gasteiger partial charge on any atom is -0.475 e. The lowest BCUT2D eigenvalue weighted by Gasteiger charge is -2.39. The monoisotopic (exact) mass is 513 g/mol. The van der Waals surface area contributed by atoms with Crippen LogP contribution in [0.1, 0.15) is 25.3 Å². The lowest BCUT2D eigenvalue weighted by molar-refractivity contribution is -0.193. The van der Waals surface area contributed by atoms with Crippen LogP contribution < -0.4 is 0 Å². The Morgan fingerprint density at radius 3 is 2.14 bits per heavy atom. The Bertz CT molecular complexity index is 926. The number of carboxylic acid groups (broad SMARTS) is 2. The summed E-state index contributed by atoms with van der Waals surface area (Å²) in [6, 6.07) is 8.53. The second-order valence-corrected chi connectivity index (χ2v) is 8.03. The number of halogens is 6. The number of likely N-dealkylation sites (tertiary alicyclic amines) is 1. The number of aromatic amines is 1. The number of nitrogens with zero attached hydrogens (tertiary/aromatic N) is 2. The molecule has 14 heteroatoms. The molecule has 1 aliphatic heterocycles. The maximum Gasteiger partial charge on any atom is 0.490 e. The Hall–Kier alpha value is -3.13. The van der Waals surface area contributed by atoms with Crippen LogP contribution in [0.25, 0.3) is 11.4 Å². The summed E-state index contributed by atoms with van der Waals surface area (Å²) in [5.41, 5.74) is 2.47. The normalized spacial score (nSPS) is 18.5. The van der Waals surface area contributed by atoms with E-state index in [9.17, 15) is 31.4 Å². The van der Waals surface area contributed by atoms with Gasteiger partial charge in [-0.2, -0.15) is 26.3 Å². The molecule has 8 nitrogen and oxygen atoms in total. The van der Waals surface area contributed by atoms with Crippen molar-refractivity contribution in [2.24, 2.45) is 5.41 Å². The van der Waals surface area contributed by atoms with Crippen LogP contribution in [0, 0.1) is 5.41 Å². The second kappa shape index (κ2) is 12.5. The Kier molecular flexibility index (Phi) is 10.7. The number of rotatable bonds is 4. The molecule has 1 atom stereocenters. The molecule has 1 saturated heterocycles. The summed E-state index contributed by atoms with van der Waals surface area (Å²) in [5.74, 6) is -4.60. The summed E-state index contributed by atoms with van der Waals surface area (Å²) in [6.45, 7) is 5.47. The molecule has 4 N–H and O–H groups in total. The van der Waals surface area contributed by atoms with Gasteiger partial charge in [-0.1, -0.05) is 25.1 Å². The first-order valence-corrected chi connectivity index (χ1v) is 10.1. The minimum atomic E-state index is -5.08. The largest absolute Gasteiger partial charge is 0.490 e. The number of hydrogen-bond donors (Lipinski definition) is 4. The third kappa shape index (κ3) is 10.8. The van der Waals surface area contributed by atoms with Crippen LogP contribution in [0.2, 0.25) is 0 Å². The van der Waals surface area contributed by atoms with Crippen molar-refractivity contribution in [3.63, 3.8) is 0 Å². The van der Waals surface area contributed by atoms with Crippen molar-refractivity contribution in [2.75, 3.05) is 19.7 Å². The lowest BCUT2D eigenvalue weighted by atomic mass is 9.82. The molecular weight excluding hydrogens is 488 g/mol. The van der Waals surface area contributed by atoms with Crippen molar-refractivity contribution in [2.45, 2.75) is 38.7 Å². The van der Waals surface area contributed by atoms with Crippen molar-refractivity contribution in [1.29, 1.82) is 0 Å². The molecule has 1 aromatic heterocycles. The van der Waals surface area contributed by atoms with Gasteiger partial charge in [0, 0.05) is 43.1 Å². The molecule has 2 aromatic rings. The first kappa shape index (κ1) is 29.9. The topological polar surface area (TPSA) is 127 Å². The van der Waals surface area contributed by atoms with Gasteiger partial charge >= 0.3 is 24.3 Å². The molecule has 1 aliphatic rings. The van der Waals surface area contributed by atoms with Crippen LogP contribution in [-0.4, -0.2) is 74.2 Å². The van der Waals surface area contributed by atoms with Gasteiger partial charge in [-0.25, -0.2) is 14.6 Å². The molecule has 35 heavy (non-hydrogen) atoms. The molecule has 3 rings (SSSR count). The van der Waals surface area contributed by atoms with Gasteiger partial charge in [0.25, 0.3) is 0 Å². The lowest BCUT2D eigenvalue weighted by Crippen LogP contribution is -2.43. The molecule has 2 heterocycles. The van der Waals surface area contributed by atoms with Crippen LogP contribution in [0.15, 0.2) is 36.7 Å². The van der Waals surface area contributed by atoms with Crippen LogP contribution in [-0.2, 0) is 16.1 Å². The number of carboxylic acids is 2. The highest BCUT2D eigenvalue weighted by molar-refractivity contribution is 5.73. The fourth-order valence-electron chi connectivity index (χ4n) is 3.19. The second-order valence-electron chi connectivity index (χ2n) is 8.03. The maximum atomic E-state index is 10.6. The highest BCUT2D eigenvalue weighted by atomic mass is 19.4. The standard InChI is InChI=1S/C17H23N3O.2C2HF3O2/c1-17(13-21)6-3-9-20(12-17)11-14-4-2-5-15(10-14)16-18-7-8-19-16;2*3-2(4,5)1(6)7/h2,4-5,7-8,10,21H,3,6,9,11-13H2,1H3,(H,18,19);2*(H,6,7). The van der Waals surface area contributed by atoms with Gasteiger partial charge in [-0.3, -0.25) is 4.90 Å². The van der Waals surface area contributed by atoms with Crippen LogP contribution in [0.5, 0.6) is 0 Å². The van der Waals surface area contributed by atoms with Gasteiger partial charge in [-0.15, -0.1) is 0 Å². The molecule has 0 saturated carbocycles. The Labute approximate surface area is 196 Å². The van der Waals surface area contributed by atoms with E-state index < -0.39 is 24.3 Å².